The second kappa shape index (κ2) is 5.74. The number of nitrogen functional groups attached to an aromatic ring is 1. The lowest BCUT2D eigenvalue weighted by molar-refractivity contribution is 0.416. The lowest BCUT2D eigenvalue weighted by atomic mass is 10.1. The van der Waals surface area contributed by atoms with Crippen molar-refractivity contribution in [2.24, 2.45) is 4.99 Å². The van der Waals surface area contributed by atoms with Crippen LogP contribution in [0.25, 0.3) is 6.08 Å². The third kappa shape index (κ3) is 3.01. The van der Waals surface area contributed by atoms with Crippen molar-refractivity contribution in [2.75, 3.05) is 33.5 Å². The summed E-state index contributed by atoms with van der Waals surface area (Å²) in [4.78, 5) is 4.13. The van der Waals surface area contributed by atoms with Gasteiger partial charge in [-0.15, -0.1) is 0 Å². The van der Waals surface area contributed by atoms with Crippen LogP contribution >= 0.6 is 0 Å². The molecule has 2 N–H and O–H groups in total. The first-order valence-corrected chi connectivity index (χ1v) is 7.62. The van der Waals surface area contributed by atoms with E-state index in [9.17, 15) is 8.42 Å². The Labute approximate surface area is 124 Å². The molecular formula is C13H18N4O3S. The number of hydrogen-bond donors (Lipinski definition) is 1. The molecule has 1 aromatic carbocycles. The largest absolute Gasteiger partial charge is 0.494 e. The van der Waals surface area contributed by atoms with Crippen LogP contribution in [-0.4, -0.2) is 51.1 Å². The monoisotopic (exact) mass is 310 g/mol. The number of nitrogens with zero attached hydrogens (tertiary/aromatic N) is 3. The Balaban J connectivity index is 2.28. The molecule has 0 spiro atoms. The van der Waals surface area contributed by atoms with Crippen LogP contribution < -0.4 is 10.5 Å². The molecule has 0 radical (unpaired) electrons. The molecule has 0 unspecified atom stereocenters. The Kier molecular flexibility index (Phi) is 4.19. The van der Waals surface area contributed by atoms with E-state index in [0.717, 1.165) is 9.87 Å². The number of para-hydroxylation sites is 1. The minimum atomic E-state index is -3.51. The molecular weight excluding hydrogens is 292 g/mol. The summed E-state index contributed by atoms with van der Waals surface area (Å²) in [5.41, 5.74) is 7.73. The first-order valence-electron chi connectivity index (χ1n) is 6.23. The average Bonchev–Trinajstić information content (AvgIpc) is 2.88. The van der Waals surface area contributed by atoms with Gasteiger partial charge in [0, 0.05) is 19.7 Å². The van der Waals surface area contributed by atoms with Gasteiger partial charge in [0.15, 0.2) is 0 Å². The van der Waals surface area contributed by atoms with E-state index in [0.29, 0.717) is 17.1 Å². The van der Waals surface area contributed by atoms with Gasteiger partial charge in [-0.25, -0.2) is 9.30 Å². The Hall–Kier alpha value is -2.06. The number of hydrogen-bond acceptors (Lipinski definition) is 5. The molecule has 1 aromatic rings. The zero-order chi connectivity index (χ0) is 15.6. The summed E-state index contributed by atoms with van der Waals surface area (Å²) in [7, 11) is 0.987. The summed E-state index contributed by atoms with van der Waals surface area (Å²) in [6, 6.07) is 5.37. The summed E-state index contributed by atoms with van der Waals surface area (Å²) in [5.74, 6) is 0.550. The van der Waals surface area contributed by atoms with E-state index in [-0.39, 0.29) is 6.54 Å². The lowest BCUT2D eigenvalue weighted by Crippen LogP contribution is -2.37. The van der Waals surface area contributed by atoms with Gasteiger partial charge in [0.25, 0.3) is 0 Å². The summed E-state index contributed by atoms with van der Waals surface area (Å²) >= 11 is 0. The third-order valence-corrected chi connectivity index (χ3v) is 4.77. The van der Waals surface area contributed by atoms with Gasteiger partial charge in [-0.1, -0.05) is 12.1 Å². The zero-order valence-electron chi connectivity index (χ0n) is 12.1. The second-order valence-corrected chi connectivity index (χ2v) is 6.78. The van der Waals surface area contributed by atoms with Crippen molar-refractivity contribution in [3.8, 4) is 5.75 Å². The molecule has 7 nitrogen and oxygen atoms in total. The van der Waals surface area contributed by atoms with E-state index in [1.807, 2.05) is 6.07 Å². The van der Waals surface area contributed by atoms with Crippen LogP contribution in [-0.2, 0) is 10.2 Å². The van der Waals surface area contributed by atoms with E-state index < -0.39 is 10.2 Å². The topological polar surface area (TPSA) is 88.2 Å². The smallest absolute Gasteiger partial charge is 0.304 e. The van der Waals surface area contributed by atoms with Crippen molar-refractivity contribution in [1.82, 2.24) is 8.61 Å². The third-order valence-electron chi connectivity index (χ3n) is 3.03. The van der Waals surface area contributed by atoms with Crippen molar-refractivity contribution < 1.29 is 13.2 Å². The Morgan fingerprint density at radius 3 is 2.76 bits per heavy atom. The van der Waals surface area contributed by atoms with E-state index in [1.165, 1.54) is 31.8 Å². The van der Waals surface area contributed by atoms with Crippen molar-refractivity contribution in [2.45, 2.75) is 0 Å². The highest BCUT2D eigenvalue weighted by Gasteiger charge is 2.26. The second-order valence-electron chi connectivity index (χ2n) is 4.69. The predicted molar refractivity (Wildman–Crippen MR) is 83.2 cm³/mol. The van der Waals surface area contributed by atoms with Gasteiger partial charge >= 0.3 is 10.2 Å². The van der Waals surface area contributed by atoms with Crippen LogP contribution in [0.4, 0.5) is 5.69 Å². The summed E-state index contributed by atoms with van der Waals surface area (Å²) in [6.07, 6.45) is 3.07. The maximum absolute atomic E-state index is 12.0. The van der Waals surface area contributed by atoms with Gasteiger partial charge in [-0.05, 0) is 12.1 Å². The molecule has 0 aliphatic carbocycles. The fraction of sp³-hybridized carbons (Fsp3) is 0.308. The summed E-state index contributed by atoms with van der Waals surface area (Å²) in [6.45, 7) is 0.179. The van der Waals surface area contributed by atoms with Crippen molar-refractivity contribution in [3.05, 3.63) is 29.5 Å². The van der Waals surface area contributed by atoms with E-state index >= 15 is 0 Å². The Bertz CT molecular complexity index is 695. The number of ether oxygens (including phenoxy) is 1. The highest BCUT2D eigenvalue weighted by Crippen LogP contribution is 2.28. The summed E-state index contributed by atoms with van der Waals surface area (Å²) < 4.78 is 31.6. The molecule has 114 valence electrons. The molecule has 0 fully saturated rings. The Morgan fingerprint density at radius 2 is 2.14 bits per heavy atom. The highest BCUT2D eigenvalue weighted by atomic mass is 32.2. The molecule has 21 heavy (non-hydrogen) atoms. The van der Waals surface area contributed by atoms with Crippen LogP contribution in [0.15, 0.2) is 28.9 Å². The molecule has 0 saturated carbocycles. The van der Waals surface area contributed by atoms with Gasteiger partial charge < -0.3 is 10.5 Å². The fourth-order valence-electron chi connectivity index (χ4n) is 1.92. The first-order chi connectivity index (χ1) is 9.86. The number of benzene rings is 1. The Morgan fingerprint density at radius 1 is 1.43 bits per heavy atom. The highest BCUT2D eigenvalue weighted by molar-refractivity contribution is 7.87. The van der Waals surface area contributed by atoms with E-state index in [4.69, 9.17) is 10.5 Å². The number of methoxy groups -OCH3 is 1. The molecule has 1 heterocycles. The van der Waals surface area contributed by atoms with Crippen LogP contribution in [0.5, 0.6) is 5.75 Å². The molecule has 0 amide bonds. The maximum atomic E-state index is 12.0. The zero-order valence-corrected chi connectivity index (χ0v) is 13.0. The lowest BCUT2D eigenvalue weighted by Gasteiger charge is -2.19. The van der Waals surface area contributed by atoms with Gasteiger partial charge in [0.2, 0.25) is 0 Å². The molecule has 1 aliphatic heterocycles. The van der Waals surface area contributed by atoms with Crippen molar-refractivity contribution in [3.63, 3.8) is 0 Å². The maximum Gasteiger partial charge on any atom is 0.304 e. The first kappa shape index (κ1) is 15.3. The van der Waals surface area contributed by atoms with Crippen LogP contribution in [0.1, 0.15) is 5.56 Å². The van der Waals surface area contributed by atoms with Gasteiger partial charge in [-0.3, -0.25) is 0 Å². The normalized spacial score (nSPS) is 17.0. The van der Waals surface area contributed by atoms with Gasteiger partial charge in [0.1, 0.15) is 12.1 Å². The molecule has 8 heteroatoms. The minimum absolute atomic E-state index is 0.179. The molecule has 0 saturated heterocycles. The predicted octanol–water partition coefficient (Wildman–Crippen LogP) is 0.769. The quantitative estimate of drug-likeness (QED) is 0.832. The number of rotatable bonds is 4. The van der Waals surface area contributed by atoms with Gasteiger partial charge in [0.05, 0.1) is 25.0 Å². The van der Waals surface area contributed by atoms with Crippen LogP contribution in [0, 0.1) is 0 Å². The van der Waals surface area contributed by atoms with E-state index in [2.05, 4.69) is 4.99 Å². The van der Waals surface area contributed by atoms with Crippen LogP contribution in [0.3, 0.4) is 0 Å². The number of nitrogens with two attached hydrogens (primary N) is 1. The van der Waals surface area contributed by atoms with Crippen LogP contribution in [0.2, 0.25) is 0 Å². The average molecular weight is 310 g/mol. The standard InChI is InChI=1S/C13H18N4O3S/c1-16(2)21(18,19)17-8-11(15-9-17)7-10-5-4-6-12(14)13(10)20-3/h4-7,9H,8,14H2,1-3H3/b11-7-. The number of anilines is 1. The summed E-state index contributed by atoms with van der Waals surface area (Å²) in [5, 5.41) is 0. The van der Waals surface area contributed by atoms with E-state index in [1.54, 1.807) is 18.2 Å². The molecule has 0 aromatic heterocycles. The molecule has 1 aliphatic rings. The van der Waals surface area contributed by atoms with Gasteiger partial charge in [-0.2, -0.15) is 12.7 Å². The van der Waals surface area contributed by atoms with Crippen molar-refractivity contribution >= 4 is 28.3 Å². The molecule has 0 atom stereocenters. The minimum Gasteiger partial charge on any atom is -0.494 e. The fourth-order valence-corrected chi connectivity index (χ4v) is 2.80. The molecule has 2 rings (SSSR count). The SMILES string of the molecule is COc1c(N)cccc1/C=C1/CN(S(=O)(=O)N(C)C)C=N1. The van der Waals surface area contributed by atoms with Crippen molar-refractivity contribution in [1.29, 1.82) is 0 Å². The number of aliphatic imine (C=N–C) groups is 1. The molecule has 0 bridgehead atoms.